The monoisotopic (exact) mass is 175 g/mol. The van der Waals surface area contributed by atoms with Gasteiger partial charge in [-0.05, 0) is 6.26 Å². The van der Waals surface area contributed by atoms with Crippen LogP contribution >= 0.6 is 11.8 Å². The minimum atomic E-state index is -0.192. The largest absolute Gasteiger partial charge is 0.321 e. The highest BCUT2D eigenvalue weighted by molar-refractivity contribution is 8.01. The van der Waals surface area contributed by atoms with Gasteiger partial charge in [-0.15, -0.1) is 11.8 Å². The molecule has 2 N–H and O–H groups in total. The third-order valence-electron chi connectivity index (χ3n) is 0.783. The lowest BCUT2D eigenvalue weighted by Crippen LogP contribution is -2.36. The van der Waals surface area contributed by atoms with Gasteiger partial charge in [-0.25, -0.2) is 0 Å². The number of hydrogen-bond donors (Lipinski definition) is 2. The topological polar surface area (TPSA) is 58.2 Å². The Bertz CT molecular complexity index is 145. The van der Waals surface area contributed by atoms with Gasteiger partial charge in [0.25, 0.3) is 0 Å². The fourth-order valence-electron chi connectivity index (χ4n) is 0.453. The summed E-state index contributed by atoms with van der Waals surface area (Å²) in [6.45, 7) is 2.77. The highest BCUT2D eigenvalue weighted by Gasteiger charge is 2.09. The van der Waals surface area contributed by atoms with Crippen LogP contribution in [0.4, 0.5) is 0 Å². The SMILES string of the molecule is CS[C](NC(C)=O)NC(C)=O. The molecule has 0 aliphatic rings. The molecule has 0 saturated heterocycles. The smallest absolute Gasteiger partial charge is 0.219 e. The van der Waals surface area contributed by atoms with Crippen LogP contribution in [-0.4, -0.2) is 18.1 Å². The van der Waals surface area contributed by atoms with Crippen molar-refractivity contribution in [3.05, 3.63) is 5.50 Å². The molecule has 0 aromatic carbocycles. The summed E-state index contributed by atoms with van der Waals surface area (Å²) in [4.78, 5) is 21.0. The molecule has 0 heterocycles. The normalized spacial score (nSPS) is 9.45. The van der Waals surface area contributed by atoms with Crippen LogP contribution in [0, 0.1) is 5.50 Å². The molecule has 11 heavy (non-hydrogen) atoms. The molecule has 63 valence electrons. The highest BCUT2D eigenvalue weighted by atomic mass is 32.2. The van der Waals surface area contributed by atoms with E-state index < -0.39 is 0 Å². The second-order valence-electron chi connectivity index (χ2n) is 1.90. The predicted octanol–water partition coefficient (Wildman–Crippen LogP) is 0.0686. The van der Waals surface area contributed by atoms with E-state index in [1.807, 2.05) is 0 Å². The number of carbonyl (C=O) groups excluding carboxylic acids is 2. The average Bonchev–Trinajstić information content (AvgIpc) is 1.84. The minimum Gasteiger partial charge on any atom is -0.321 e. The molecule has 4 nitrogen and oxygen atoms in total. The van der Waals surface area contributed by atoms with Crippen molar-refractivity contribution >= 4 is 23.6 Å². The summed E-state index contributed by atoms with van der Waals surface area (Å²) in [6, 6.07) is 0. The van der Waals surface area contributed by atoms with Crippen molar-refractivity contribution in [2.24, 2.45) is 0 Å². The van der Waals surface area contributed by atoms with E-state index in [0.29, 0.717) is 5.50 Å². The molecule has 0 aliphatic carbocycles. The van der Waals surface area contributed by atoms with Crippen molar-refractivity contribution in [3.63, 3.8) is 0 Å². The second-order valence-corrected chi connectivity index (χ2v) is 2.71. The zero-order chi connectivity index (χ0) is 8.85. The van der Waals surface area contributed by atoms with Crippen molar-refractivity contribution in [1.29, 1.82) is 0 Å². The summed E-state index contributed by atoms with van der Waals surface area (Å²) in [6.07, 6.45) is 1.77. The second kappa shape index (κ2) is 5.01. The molecule has 0 aromatic heterocycles. The quantitative estimate of drug-likeness (QED) is 0.638. The number of hydrogen-bond acceptors (Lipinski definition) is 3. The van der Waals surface area contributed by atoms with Gasteiger partial charge in [-0.3, -0.25) is 9.59 Å². The maximum Gasteiger partial charge on any atom is 0.219 e. The Hall–Kier alpha value is -0.710. The fraction of sp³-hybridized carbons (Fsp3) is 0.500. The van der Waals surface area contributed by atoms with Gasteiger partial charge < -0.3 is 10.6 Å². The Morgan fingerprint density at radius 2 is 1.45 bits per heavy atom. The lowest BCUT2D eigenvalue weighted by Gasteiger charge is -2.12. The molecule has 0 rings (SSSR count). The number of amides is 2. The Balaban J connectivity index is 3.76. The number of rotatable bonds is 3. The van der Waals surface area contributed by atoms with Crippen molar-refractivity contribution < 1.29 is 9.59 Å². The Morgan fingerprint density at radius 3 is 1.64 bits per heavy atom. The van der Waals surface area contributed by atoms with E-state index in [-0.39, 0.29) is 11.8 Å². The highest BCUT2D eigenvalue weighted by Crippen LogP contribution is 2.06. The van der Waals surface area contributed by atoms with Gasteiger partial charge in [-0.1, -0.05) is 0 Å². The van der Waals surface area contributed by atoms with Crippen LogP contribution in [-0.2, 0) is 9.59 Å². The molecule has 0 aromatic rings. The summed E-state index contributed by atoms with van der Waals surface area (Å²) >= 11 is 1.28. The zero-order valence-electron chi connectivity index (χ0n) is 6.72. The first-order chi connectivity index (χ1) is 5.06. The fourth-order valence-corrected chi connectivity index (χ4v) is 0.945. The van der Waals surface area contributed by atoms with Crippen LogP contribution in [0.2, 0.25) is 0 Å². The van der Waals surface area contributed by atoms with Crippen molar-refractivity contribution in [2.75, 3.05) is 6.26 Å². The maximum absolute atomic E-state index is 10.5. The van der Waals surface area contributed by atoms with Gasteiger partial charge in [0.05, 0.1) is 0 Å². The molecule has 0 atom stereocenters. The van der Waals surface area contributed by atoms with Crippen LogP contribution in [0.25, 0.3) is 0 Å². The Kier molecular flexibility index (Phi) is 4.69. The third kappa shape index (κ3) is 5.72. The molecule has 2 amide bonds. The summed E-state index contributed by atoms with van der Waals surface area (Å²) in [5.41, 5.74) is 0.463. The predicted molar refractivity (Wildman–Crippen MR) is 44.4 cm³/mol. The summed E-state index contributed by atoms with van der Waals surface area (Å²) in [5, 5.41) is 4.94. The first-order valence-electron chi connectivity index (χ1n) is 3.02. The van der Waals surface area contributed by atoms with Crippen LogP contribution in [0.1, 0.15) is 13.8 Å². The van der Waals surface area contributed by atoms with E-state index in [1.165, 1.54) is 25.6 Å². The third-order valence-corrected chi connectivity index (χ3v) is 1.40. The Morgan fingerprint density at radius 1 is 1.09 bits per heavy atom. The molecule has 1 radical (unpaired) electrons. The molecule has 0 unspecified atom stereocenters. The first-order valence-corrected chi connectivity index (χ1v) is 4.25. The van der Waals surface area contributed by atoms with E-state index in [1.54, 1.807) is 6.26 Å². The van der Waals surface area contributed by atoms with Crippen LogP contribution < -0.4 is 10.6 Å². The van der Waals surface area contributed by atoms with Gasteiger partial charge in [0, 0.05) is 13.8 Å². The van der Waals surface area contributed by atoms with E-state index in [0.717, 1.165) is 0 Å². The molecular formula is C6H11N2O2S. The van der Waals surface area contributed by atoms with Gasteiger partial charge in [0.2, 0.25) is 17.3 Å². The summed E-state index contributed by atoms with van der Waals surface area (Å²) in [5.74, 6) is -0.383. The average molecular weight is 175 g/mol. The number of carbonyl (C=O) groups is 2. The van der Waals surface area contributed by atoms with Gasteiger partial charge in [0.1, 0.15) is 0 Å². The van der Waals surface area contributed by atoms with Crippen molar-refractivity contribution in [3.8, 4) is 0 Å². The molecule has 5 heteroatoms. The molecule has 0 saturated carbocycles. The molecular weight excluding hydrogens is 164 g/mol. The van der Waals surface area contributed by atoms with Crippen molar-refractivity contribution in [1.82, 2.24) is 10.6 Å². The van der Waals surface area contributed by atoms with Gasteiger partial charge in [0.15, 0.2) is 0 Å². The number of nitrogens with one attached hydrogen (secondary N) is 2. The van der Waals surface area contributed by atoms with Crippen molar-refractivity contribution in [2.45, 2.75) is 13.8 Å². The van der Waals surface area contributed by atoms with E-state index in [2.05, 4.69) is 10.6 Å². The van der Waals surface area contributed by atoms with Crippen LogP contribution in [0.15, 0.2) is 0 Å². The first kappa shape index (κ1) is 10.3. The lowest BCUT2D eigenvalue weighted by atomic mass is 10.6. The van der Waals surface area contributed by atoms with E-state index in [9.17, 15) is 9.59 Å². The Labute approximate surface area is 70.1 Å². The standard InChI is InChI=1S/C6H11N2O2S/c1-4(9)7-6(11-3)8-5(2)10/h1-3H3,(H,7,9)(H,8,10). The molecule has 0 aliphatic heterocycles. The lowest BCUT2D eigenvalue weighted by molar-refractivity contribution is -0.119. The van der Waals surface area contributed by atoms with Gasteiger partial charge >= 0.3 is 0 Å². The molecule has 0 bridgehead atoms. The summed E-state index contributed by atoms with van der Waals surface area (Å²) < 4.78 is 0. The van der Waals surface area contributed by atoms with E-state index in [4.69, 9.17) is 0 Å². The number of thioether (sulfide) groups is 1. The van der Waals surface area contributed by atoms with Crippen LogP contribution in [0.3, 0.4) is 0 Å². The molecule has 0 spiro atoms. The zero-order valence-corrected chi connectivity index (χ0v) is 7.54. The summed E-state index contributed by atoms with van der Waals surface area (Å²) in [7, 11) is 0. The minimum absolute atomic E-state index is 0.192. The van der Waals surface area contributed by atoms with E-state index >= 15 is 0 Å². The van der Waals surface area contributed by atoms with Crippen LogP contribution in [0.5, 0.6) is 0 Å². The van der Waals surface area contributed by atoms with Gasteiger partial charge in [-0.2, -0.15) is 0 Å². The maximum atomic E-state index is 10.5. The molecule has 0 fully saturated rings.